The lowest BCUT2D eigenvalue weighted by molar-refractivity contribution is 0.525. The van der Waals surface area contributed by atoms with Crippen LogP contribution in [0.15, 0.2) is 0 Å². The van der Waals surface area contributed by atoms with Crippen LogP contribution in [0.2, 0.25) is 0 Å². The van der Waals surface area contributed by atoms with Crippen LogP contribution in [0, 0.1) is 4.77 Å². The Morgan fingerprint density at radius 3 is 2.71 bits per heavy atom. The summed E-state index contributed by atoms with van der Waals surface area (Å²) in [5.74, 6) is 0. The van der Waals surface area contributed by atoms with Gasteiger partial charge in [-0.2, -0.15) is 5.10 Å². The first-order valence-corrected chi connectivity index (χ1v) is 6.67. The van der Waals surface area contributed by atoms with Crippen molar-refractivity contribution in [3.8, 4) is 0 Å². The Kier molecular flexibility index (Phi) is 3.38. The number of H-pyrrole nitrogens is 1. The molecular weight excluding hydrogens is 232 g/mol. The quantitative estimate of drug-likeness (QED) is 0.847. The van der Waals surface area contributed by atoms with Gasteiger partial charge in [0.15, 0.2) is 10.4 Å². The van der Waals surface area contributed by atoms with Crippen LogP contribution in [-0.2, 0) is 13.5 Å². The molecule has 2 rings (SSSR count). The molecule has 0 amide bonds. The van der Waals surface area contributed by atoms with Crippen LogP contribution in [0.5, 0.6) is 0 Å². The van der Waals surface area contributed by atoms with E-state index >= 15 is 0 Å². The average molecular weight is 252 g/mol. The van der Waals surface area contributed by atoms with Gasteiger partial charge in [-0.05, 0) is 32.0 Å². The van der Waals surface area contributed by atoms with Gasteiger partial charge >= 0.3 is 0 Å². The highest BCUT2D eigenvalue weighted by Crippen LogP contribution is 2.23. The first-order chi connectivity index (χ1) is 8.10. The van der Waals surface area contributed by atoms with Gasteiger partial charge in [-0.15, -0.1) is 0 Å². The standard InChI is InChI=1S/C12H20N4S/c1-5-7-9-10-11(15(4)14-9)16(8(3)6-2)12(17)13-10/h8H,5-7H2,1-4H3,(H,13,17). The van der Waals surface area contributed by atoms with E-state index in [1.165, 1.54) is 0 Å². The van der Waals surface area contributed by atoms with Crippen molar-refractivity contribution in [3.05, 3.63) is 10.5 Å². The van der Waals surface area contributed by atoms with Gasteiger partial charge in [0.05, 0.1) is 5.69 Å². The molecule has 1 atom stereocenters. The highest BCUT2D eigenvalue weighted by atomic mass is 32.1. The minimum absolute atomic E-state index is 0.404. The van der Waals surface area contributed by atoms with Gasteiger partial charge < -0.3 is 4.98 Å². The molecule has 0 aliphatic heterocycles. The third kappa shape index (κ3) is 1.92. The first kappa shape index (κ1) is 12.4. The molecule has 0 radical (unpaired) electrons. The summed E-state index contributed by atoms with van der Waals surface area (Å²) in [6, 6.07) is 0.404. The van der Waals surface area contributed by atoms with Crippen molar-refractivity contribution >= 4 is 23.4 Å². The van der Waals surface area contributed by atoms with Gasteiger partial charge in [0.25, 0.3) is 0 Å². The molecule has 0 aliphatic carbocycles. The van der Waals surface area contributed by atoms with Gasteiger partial charge in [-0.3, -0.25) is 9.25 Å². The average Bonchev–Trinajstić information content (AvgIpc) is 2.77. The molecule has 0 fully saturated rings. The van der Waals surface area contributed by atoms with Crippen molar-refractivity contribution in [3.63, 3.8) is 0 Å². The van der Waals surface area contributed by atoms with Crippen LogP contribution in [-0.4, -0.2) is 19.3 Å². The molecular formula is C12H20N4S. The Hall–Kier alpha value is -1.10. The molecule has 0 saturated heterocycles. The number of nitrogens with one attached hydrogen (secondary N) is 1. The van der Waals surface area contributed by atoms with Crippen molar-refractivity contribution < 1.29 is 0 Å². The fourth-order valence-electron chi connectivity index (χ4n) is 2.24. The summed E-state index contributed by atoms with van der Waals surface area (Å²) >= 11 is 5.42. The molecule has 4 nitrogen and oxygen atoms in total. The lowest BCUT2D eigenvalue weighted by Crippen LogP contribution is -2.07. The molecule has 94 valence electrons. The zero-order valence-electron chi connectivity index (χ0n) is 10.9. The van der Waals surface area contributed by atoms with Gasteiger partial charge in [0.2, 0.25) is 0 Å². The predicted octanol–water partition coefficient (Wildman–Crippen LogP) is 3.36. The Morgan fingerprint density at radius 2 is 2.12 bits per heavy atom. The predicted molar refractivity (Wildman–Crippen MR) is 72.9 cm³/mol. The fourth-order valence-corrected chi connectivity index (χ4v) is 2.61. The number of hydrogen-bond acceptors (Lipinski definition) is 2. The van der Waals surface area contributed by atoms with Gasteiger partial charge in [0, 0.05) is 13.1 Å². The SMILES string of the molecule is CCCc1nn(C)c2c1[nH]c(=S)n2C(C)CC. The number of aryl methyl sites for hydroxylation is 2. The normalized spacial score (nSPS) is 13.4. The largest absolute Gasteiger partial charge is 0.328 e. The Labute approximate surface area is 107 Å². The van der Waals surface area contributed by atoms with E-state index in [4.69, 9.17) is 12.2 Å². The molecule has 5 heteroatoms. The smallest absolute Gasteiger partial charge is 0.179 e. The monoisotopic (exact) mass is 252 g/mol. The maximum Gasteiger partial charge on any atom is 0.179 e. The van der Waals surface area contributed by atoms with Crippen molar-refractivity contribution in [1.82, 2.24) is 19.3 Å². The third-order valence-corrected chi connectivity index (χ3v) is 3.59. The number of nitrogens with zero attached hydrogens (tertiary/aromatic N) is 3. The Morgan fingerprint density at radius 1 is 1.41 bits per heavy atom. The van der Waals surface area contributed by atoms with Gasteiger partial charge in [0.1, 0.15) is 5.52 Å². The maximum atomic E-state index is 5.42. The van der Waals surface area contributed by atoms with Crippen molar-refractivity contribution in [2.75, 3.05) is 0 Å². The summed E-state index contributed by atoms with van der Waals surface area (Å²) in [7, 11) is 1.99. The van der Waals surface area contributed by atoms with E-state index < -0.39 is 0 Å². The number of fused-ring (bicyclic) bond motifs is 1. The van der Waals surface area contributed by atoms with E-state index in [2.05, 4.69) is 35.4 Å². The second-order valence-electron chi connectivity index (χ2n) is 4.58. The molecule has 2 aromatic rings. The molecule has 0 spiro atoms. The maximum absolute atomic E-state index is 5.42. The van der Waals surface area contributed by atoms with E-state index in [0.717, 1.165) is 40.9 Å². The number of rotatable bonds is 4. The Bertz CT molecular complexity index is 575. The minimum Gasteiger partial charge on any atom is -0.328 e. The summed E-state index contributed by atoms with van der Waals surface area (Å²) in [5.41, 5.74) is 3.35. The second-order valence-corrected chi connectivity index (χ2v) is 4.96. The van der Waals surface area contributed by atoms with Crippen LogP contribution in [0.3, 0.4) is 0 Å². The van der Waals surface area contributed by atoms with Gasteiger partial charge in [-0.25, -0.2) is 0 Å². The molecule has 0 bridgehead atoms. The molecule has 2 heterocycles. The minimum atomic E-state index is 0.404. The topological polar surface area (TPSA) is 38.5 Å². The zero-order valence-corrected chi connectivity index (χ0v) is 11.8. The molecule has 0 aromatic carbocycles. The Balaban J connectivity index is 2.69. The first-order valence-electron chi connectivity index (χ1n) is 6.26. The van der Waals surface area contributed by atoms with E-state index in [1.54, 1.807) is 0 Å². The van der Waals surface area contributed by atoms with Gasteiger partial charge in [-0.1, -0.05) is 20.3 Å². The summed E-state index contributed by atoms with van der Waals surface area (Å²) in [5, 5.41) is 4.58. The van der Waals surface area contributed by atoms with Crippen LogP contribution >= 0.6 is 12.2 Å². The zero-order chi connectivity index (χ0) is 12.6. The van der Waals surface area contributed by atoms with Crippen LogP contribution in [0.4, 0.5) is 0 Å². The molecule has 1 unspecified atom stereocenters. The molecule has 2 aromatic heterocycles. The van der Waals surface area contributed by atoms with E-state index in [1.807, 2.05) is 11.7 Å². The van der Waals surface area contributed by atoms with Crippen LogP contribution in [0.25, 0.3) is 11.2 Å². The van der Waals surface area contributed by atoms with E-state index in [9.17, 15) is 0 Å². The van der Waals surface area contributed by atoms with Crippen molar-refractivity contribution in [2.45, 2.75) is 46.1 Å². The summed E-state index contributed by atoms with van der Waals surface area (Å²) in [6.07, 6.45) is 3.16. The molecule has 1 N–H and O–H groups in total. The number of aromatic nitrogens is 4. The summed E-state index contributed by atoms with van der Waals surface area (Å²) in [6.45, 7) is 6.53. The highest BCUT2D eigenvalue weighted by molar-refractivity contribution is 7.71. The lowest BCUT2D eigenvalue weighted by atomic mass is 10.2. The number of hydrogen-bond donors (Lipinski definition) is 1. The summed E-state index contributed by atoms with van der Waals surface area (Å²) < 4.78 is 4.93. The molecule has 17 heavy (non-hydrogen) atoms. The van der Waals surface area contributed by atoms with Crippen LogP contribution in [0.1, 0.15) is 45.3 Å². The number of aromatic amines is 1. The second kappa shape index (κ2) is 4.64. The van der Waals surface area contributed by atoms with Crippen LogP contribution < -0.4 is 0 Å². The highest BCUT2D eigenvalue weighted by Gasteiger charge is 2.17. The van der Waals surface area contributed by atoms with Crippen molar-refractivity contribution in [1.29, 1.82) is 0 Å². The van der Waals surface area contributed by atoms with E-state index in [0.29, 0.717) is 6.04 Å². The lowest BCUT2D eigenvalue weighted by Gasteiger charge is -2.11. The third-order valence-electron chi connectivity index (χ3n) is 3.29. The van der Waals surface area contributed by atoms with E-state index in [-0.39, 0.29) is 0 Å². The molecule has 0 saturated carbocycles. The van der Waals surface area contributed by atoms with Crippen molar-refractivity contribution in [2.24, 2.45) is 7.05 Å². The number of imidazole rings is 1. The molecule has 0 aliphatic rings. The summed E-state index contributed by atoms with van der Waals surface area (Å²) in [4.78, 5) is 3.31. The fraction of sp³-hybridized carbons (Fsp3) is 0.667.